The number of ketones is 1. The van der Waals surface area contributed by atoms with Crippen molar-refractivity contribution in [3.05, 3.63) is 53.9 Å². The number of aliphatic hydroxyl groups excluding tert-OH is 1. The van der Waals surface area contributed by atoms with E-state index in [2.05, 4.69) is 27.0 Å². The zero-order chi connectivity index (χ0) is 20.7. The molecule has 2 heterocycles. The zero-order valence-corrected chi connectivity index (χ0v) is 17.7. The number of aliphatic hydroxyl groups is 1. The Labute approximate surface area is 178 Å². The Morgan fingerprint density at radius 1 is 1.20 bits per heavy atom. The summed E-state index contributed by atoms with van der Waals surface area (Å²) < 4.78 is 3.19. The second-order valence-electron chi connectivity index (χ2n) is 8.06. The first kappa shape index (κ1) is 19.2. The van der Waals surface area contributed by atoms with Crippen molar-refractivity contribution in [1.82, 2.24) is 14.5 Å². The highest BCUT2D eigenvalue weighted by atomic mass is 32.1. The molecule has 2 atom stereocenters. The lowest BCUT2D eigenvalue weighted by molar-refractivity contribution is 0.101. The molecule has 0 spiro atoms. The highest BCUT2D eigenvalue weighted by Crippen LogP contribution is 2.30. The van der Waals surface area contributed by atoms with Gasteiger partial charge >= 0.3 is 0 Å². The molecule has 1 saturated carbocycles. The minimum absolute atomic E-state index is 0.0545. The Kier molecular flexibility index (Phi) is 5.00. The molecule has 2 aromatic carbocycles. The van der Waals surface area contributed by atoms with E-state index < -0.39 is 0 Å². The topological polar surface area (TPSA) is 80.0 Å². The van der Waals surface area contributed by atoms with Crippen molar-refractivity contribution in [3.63, 3.8) is 0 Å². The molecule has 1 fully saturated rings. The van der Waals surface area contributed by atoms with Gasteiger partial charge in [0.1, 0.15) is 0 Å². The molecule has 4 aromatic rings. The van der Waals surface area contributed by atoms with Crippen LogP contribution < -0.4 is 5.32 Å². The first-order chi connectivity index (χ1) is 14.6. The zero-order valence-electron chi connectivity index (χ0n) is 16.8. The van der Waals surface area contributed by atoms with Crippen LogP contribution in [-0.4, -0.2) is 37.6 Å². The van der Waals surface area contributed by atoms with Crippen molar-refractivity contribution in [2.24, 2.45) is 0 Å². The van der Waals surface area contributed by atoms with E-state index in [0.717, 1.165) is 57.6 Å². The number of Topliss-reactive ketones (excluding diaryl/α,β-unsaturated/α-hetero) is 1. The summed E-state index contributed by atoms with van der Waals surface area (Å²) in [4.78, 5) is 20.9. The number of anilines is 1. The SMILES string of the molecule is CC(=O)c1ccc2ncn(Cc3ccc4nc(N[C@@H]5CCCC[C@H]5O)sc4c3)c2c1. The number of nitrogens with zero attached hydrogens (tertiary/aromatic N) is 3. The summed E-state index contributed by atoms with van der Waals surface area (Å²) in [5.41, 5.74) is 4.66. The standard InChI is InChI=1S/C23H24N4O2S/c1-14(28)16-7-9-17-20(11-16)27(13-24-17)12-15-6-8-19-22(10-15)30-23(26-19)25-18-4-2-3-5-21(18)29/h6-11,13,18,21,29H,2-5,12H2,1H3,(H,25,26)/t18-,21-/m1/s1. The first-order valence-corrected chi connectivity index (χ1v) is 11.2. The third kappa shape index (κ3) is 3.70. The maximum absolute atomic E-state index is 11.7. The smallest absolute Gasteiger partial charge is 0.184 e. The van der Waals surface area contributed by atoms with Crippen molar-refractivity contribution >= 4 is 43.5 Å². The fourth-order valence-corrected chi connectivity index (χ4v) is 5.16. The van der Waals surface area contributed by atoms with E-state index in [1.165, 1.54) is 0 Å². The number of carbonyl (C=O) groups is 1. The van der Waals surface area contributed by atoms with E-state index in [1.807, 2.05) is 30.6 Å². The molecule has 7 heteroatoms. The number of rotatable bonds is 5. The van der Waals surface area contributed by atoms with E-state index in [-0.39, 0.29) is 17.9 Å². The van der Waals surface area contributed by atoms with Crippen LogP contribution >= 0.6 is 11.3 Å². The van der Waals surface area contributed by atoms with Crippen LogP contribution in [0.5, 0.6) is 0 Å². The van der Waals surface area contributed by atoms with Crippen LogP contribution in [0.1, 0.15) is 48.5 Å². The van der Waals surface area contributed by atoms with Crippen molar-refractivity contribution in [3.8, 4) is 0 Å². The van der Waals surface area contributed by atoms with Gasteiger partial charge < -0.3 is 15.0 Å². The Balaban J connectivity index is 1.39. The Hall–Kier alpha value is -2.77. The van der Waals surface area contributed by atoms with Gasteiger partial charge in [0.2, 0.25) is 0 Å². The molecule has 154 valence electrons. The molecule has 0 saturated heterocycles. The molecule has 0 unspecified atom stereocenters. The number of nitrogens with one attached hydrogen (secondary N) is 1. The van der Waals surface area contributed by atoms with E-state index >= 15 is 0 Å². The maximum Gasteiger partial charge on any atom is 0.184 e. The van der Waals surface area contributed by atoms with Crippen molar-refractivity contribution < 1.29 is 9.90 Å². The summed E-state index contributed by atoms with van der Waals surface area (Å²) in [6, 6.07) is 12.0. The normalized spacial score (nSPS) is 19.4. The van der Waals surface area contributed by atoms with Gasteiger partial charge in [-0.15, -0.1) is 0 Å². The van der Waals surface area contributed by atoms with Crippen LogP contribution in [0.25, 0.3) is 21.3 Å². The van der Waals surface area contributed by atoms with Crippen molar-refractivity contribution in [1.29, 1.82) is 0 Å². The summed E-state index contributed by atoms with van der Waals surface area (Å²) >= 11 is 1.63. The summed E-state index contributed by atoms with van der Waals surface area (Å²) in [5.74, 6) is 0.0545. The number of aromatic nitrogens is 3. The fraction of sp³-hybridized carbons (Fsp3) is 0.348. The third-order valence-corrected chi connectivity index (χ3v) is 6.82. The van der Waals surface area contributed by atoms with Crippen molar-refractivity contribution in [2.75, 3.05) is 5.32 Å². The second-order valence-corrected chi connectivity index (χ2v) is 9.09. The molecule has 1 aliphatic carbocycles. The Morgan fingerprint density at radius 3 is 2.87 bits per heavy atom. The first-order valence-electron chi connectivity index (χ1n) is 10.4. The predicted octanol–water partition coefficient (Wildman–Crippen LogP) is 4.61. The monoisotopic (exact) mass is 420 g/mol. The van der Waals surface area contributed by atoms with Crippen LogP contribution in [0.3, 0.4) is 0 Å². The third-order valence-electron chi connectivity index (χ3n) is 5.87. The molecule has 1 aliphatic rings. The number of hydrogen-bond donors (Lipinski definition) is 2. The molecular formula is C23H24N4O2S. The van der Waals surface area contributed by atoms with Crippen LogP contribution in [0.4, 0.5) is 5.13 Å². The summed E-state index contributed by atoms with van der Waals surface area (Å²) in [7, 11) is 0. The van der Waals surface area contributed by atoms with Gasteiger partial charge in [0.05, 0.1) is 39.7 Å². The Bertz CT molecular complexity index is 1230. The maximum atomic E-state index is 11.7. The lowest BCUT2D eigenvalue weighted by Gasteiger charge is -2.27. The largest absolute Gasteiger partial charge is 0.391 e. The summed E-state index contributed by atoms with van der Waals surface area (Å²) in [6.07, 6.45) is 5.61. The number of thiazole rings is 1. The van der Waals surface area contributed by atoms with Crippen LogP contribution in [0.2, 0.25) is 0 Å². The molecular weight excluding hydrogens is 396 g/mol. The second kappa shape index (κ2) is 7.81. The van der Waals surface area contributed by atoms with Gasteiger partial charge in [-0.05, 0) is 55.7 Å². The predicted molar refractivity (Wildman–Crippen MR) is 120 cm³/mol. The minimum atomic E-state index is -0.296. The molecule has 5 rings (SSSR count). The summed E-state index contributed by atoms with van der Waals surface area (Å²) in [5, 5.41) is 14.5. The van der Waals surface area contributed by atoms with Gasteiger partial charge in [-0.25, -0.2) is 9.97 Å². The van der Waals surface area contributed by atoms with E-state index in [4.69, 9.17) is 4.98 Å². The summed E-state index contributed by atoms with van der Waals surface area (Å²) in [6.45, 7) is 2.26. The van der Waals surface area contributed by atoms with Gasteiger partial charge in [0.15, 0.2) is 10.9 Å². The number of fused-ring (bicyclic) bond motifs is 2. The molecule has 6 nitrogen and oxygen atoms in total. The lowest BCUT2D eigenvalue weighted by Crippen LogP contribution is -2.36. The lowest BCUT2D eigenvalue weighted by atomic mass is 9.93. The molecule has 0 aliphatic heterocycles. The van der Waals surface area contributed by atoms with Gasteiger partial charge in [0, 0.05) is 12.1 Å². The van der Waals surface area contributed by atoms with E-state index in [9.17, 15) is 9.90 Å². The number of hydrogen-bond acceptors (Lipinski definition) is 6. The van der Waals surface area contributed by atoms with Crippen LogP contribution in [0.15, 0.2) is 42.7 Å². The number of carbonyl (C=O) groups excluding carboxylic acids is 1. The molecule has 2 N–H and O–H groups in total. The quantitative estimate of drug-likeness (QED) is 0.461. The van der Waals surface area contributed by atoms with Gasteiger partial charge in [-0.3, -0.25) is 4.79 Å². The van der Waals surface area contributed by atoms with Crippen LogP contribution in [-0.2, 0) is 6.54 Å². The molecule has 0 radical (unpaired) electrons. The van der Waals surface area contributed by atoms with E-state index in [0.29, 0.717) is 12.1 Å². The van der Waals surface area contributed by atoms with Crippen molar-refractivity contribution in [2.45, 2.75) is 51.3 Å². The van der Waals surface area contributed by atoms with Gasteiger partial charge in [-0.1, -0.05) is 30.2 Å². The number of imidazole rings is 1. The molecule has 30 heavy (non-hydrogen) atoms. The van der Waals surface area contributed by atoms with Gasteiger partial charge in [-0.2, -0.15) is 0 Å². The van der Waals surface area contributed by atoms with Crippen LogP contribution in [0, 0.1) is 0 Å². The van der Waals surface area contributed by atoms with Gasteiger partial charge in [0.25, 0.3) is 0 Å². The van der Waals surface area contributed by atoms with E-state index in [1.54, 1.807) is 18.3 Å². The molecule has 0 amide bonds. The average molecular weight is 421 g/mol. The highest BCUT2D eigenvalue weighted by Gasteiger charge is 2.23. The fourth-order valence-electron chi connectivity index (χ4n) is 4.17. The minimum Gasteiger partial charge on any atom is -0.391 e. The number of benzene rings is 2. The molecule has 0 bridgehead atoms. The molecule has 2 aromatic heterocycles. The Morgan fingerprint density at radius 2 is 2.03 bits per heavy atom. The average Bonchev–Trinajstić information content (AvgIpc) is 3.32. The highest BCUT2D eigenvalue weighted by molar-refractivity contribution is 7.22.